The SMILES string of the molecule is CC(C)N(C(C)C)[P@]1C([Si](C)(C)C)C1([Si](C)(C)C)[Si](C)(C)C. The lowest BCUT2D eigenvalue weighted by Crippen LogP contribution is -2.61. The molecule has 2 atom stereocenters. The Balaban J connectivity index is 3.53. The van der Waals surface area contributed by atoms with Crippen LogP contribution in [0.25, 0.3) is 0 Å². The molecule has 1 saturated heterocycles. The third-order valence-electron chi connectivity index (χ3n) is 5.35. The molecule has 1 unspecified atom stereocenters. The Morgan fingerprint density at radius 3 is 1.18 bits per heavy atom. The van der Waals surface area contributed by atoms with Crippen LogP contribution in [-0.4, -0.2) is 50.7 Å². The first-order valence-electron chi connectivity index (χ1n) is 9.08. The van der Waals surface area contributed by atoms with Gasteiger partial charge in [-0.15, -0.1) is 0 Å². The average Bonchev–Trinajstić information content (AvgIpc) is 2.84. The van der Waals surface area contributed by atoms with Gasteiger partial charge in [0.15, 0.2) is 0 Å². The van der Waals surface area contributed by atoms with Gasteiger partial charge in [0.05, 0.1) is 24.2 Å². The second kappa shape index (κ2) is 6.09. The number of hydrogen-bond donors (Lipinski definition) is 0. The Hall–Kier alpha value is 1.04. The number of rotatable bonds is 6. The Labute approximate surface area is 145 Å². The van der Waals surface area contributed by atoms with Crippen molar-refractivity contribution in [3.05, 3.63) is 0 Å². The molecule has 0 aromatic rings. The monoisotopic (exact) mass is 375 g/mol. The molecule has 1 aliphatic rings. The second-order valence-corrected chi connectivity index (χ2v) is 31.0. The predicted octanol–water partition coefficient (Wildman–Crippen LogP) is 6.26. The van der Waals surface area contributed by atoms with E-state index in [4.69, 9.17) is 0 Å². The minimum absolute atomic E-state index is 0.0504. The molecule has 22 heavy (non-hydrogen) atoms. The molecule has 0 amide bonds. The van der Waals surface area contributed by atoms with Crippen LogP contribution in [0.4, 0.5) is 0 Å². The van der Waals surface area contributed by atoms with E-state index in [2.05, 4.69) is 91.3 Å². The molecule has 0 spiro atoms. The van der Waals surface area contributed by atoms with Crippen LogP contribution in [0.5, 0.6) is 0 Å². The van der Waals surface area contributed by atoms with Gasteiger partial charge in [-0.25, -0.2) is 0 Å². The number of nitrogens with zero attached hydrogens (tertiary/aromatic N) is 1. The molecule has 0 aromatic heterocycles. The van der Waals surface area contributed by atoms with E-state index < -0.39 is 24.2 Å². The summed E-state index contributed by atoms with van der Waals surface area (Å²) in [5, 5.41) is 1.07. The zero-order valence-corrected chi connectivity index (χ0v) is 21.5. The molecule has 0 saturated carbocycles. The standard InChI is InChI=1S/C17H42NPSi3/c1-14(2)18(15(3)4)19-16(20(5,6)7)17(19,21(8,9)10)22(11,12)13/h14-16H,1-13H3/t16?,19-/m1/s1. The summed E-state index contributed by atoms with van der Waals surface area (Å²) in [7, 11) is -3.52. The largest absolute Gasteiger partial charge is 0.277 e. The maximum absolute atomic E-state index is 2.97. The van der Waals surface area contributed by atoms with Crippen LogP contribution < -0.4 is 0 Å². The summed E-state index contributed by atoms with van der Waals surface area (Å²) in [4.78, 5) is 0. The lowest BCUT2D eigenvalue weighted by atomic mass is 10.3. The fourth-order valence-electron chi connectivity index (χ4n) is 5.31. The molecule has 0 aromatic carbocycles. The van der Waals surface area contributed by atoms with Crippen molar-refractivity contribution in [2.45, 2.75) is 108 Å². The van der Waals surface area contributed by atoms with Gasteiger partial charge in [-0.05, 0) is 45.5 Å². The first-order chi connectivity index (χ1) is 9.51. The summed E-state index contributed by atoms with van der Waals surface area (Å²) >= 11 is 0. The van der Waals surface area contributed by atoms with Gasteiger partial charge >= 0.3 is 0 Å². The Morgan fingerprint density at radius 2 is 1.05 bits per heavy atom. The zero-order chi connectivity index (χ0) is 17.9. The van der Waals surface area contributed by atoms with E-state index in [9.17, 15) is 0 Å². The molecular weight excluding hydrogens is 333 g/mol. The zero-order valence-electron chi connectivity index (χ0n) is 17.6. The van der Waals surface area contributed by atoms with E-state index in [1.54, 1.807) is 0 Å². The van der Waals surface area contributed by atoms with Crippen molar-refractivity contribution >= 4 is 32.3 Å². The molecular formula is C17H42NPSi3. The van der Waals surface area contributed by atoms with Gasteiger partial charge in [-0.3, -0.25) is 4.67 Å². The number of hydrogen-bond acceptors (Lipinski definition) is 1. The summed E-state index contributed by atoms with van der Waals surface area (Å²) in [6, 6.07) is 1.39. The van der Waals surface area contributed by atoms with Gasteiger partial charge in [0.25, 0.3) is 0 Å². The van der Waals surface area contributed by atoms with Crippen LogP contribution in [0.1, 0.15) is 27.7 Å². The molecule has 5 heteroatoms. The normalized spacial score (nSPS) is 26.2. The van der Waals surface area contributed by atoms with E-state index in [1.807, 2.05) is 0 Å². The van der Waals surface area contributed by atoms with Crippen LogP contribution in [0.2, 0.25) is 58.9 Å². The minimum Gasteiger partial charge on any atom is -0.277 e. The van der Waals surface area contributed by atoms with Gasteiger partial charge in [0.2, 0.25) is 0 Å². The quantitative estimate of drug-likeness (QED) is 0.391. The van der Waals surface area contributed by atoms with E-state index in [1.165, 1.54) is 0 Å². The molecule has 1 aliphatic heterocycles. The van der Waals surface area contributed by atoms with Gasteiger partial charge < -0.3 is 0 Å². The molecule has 0 bridgehead atoms. The molecule has 0 N–H and O–H groups in total. The van der Waals surface area contributed by atoms with Crippen LogP contribution >= 0.6 is 8.07 Å². The molecule has 1 rings (SSSR count). The first kappa shape index (κ1) is 21.1. The molecule has 1 nitrogen and oxygen atoms in total. The van der Waals surface area contributed by atoms with Gasteiger partial charge in [-0.1, -0.05) is 58.9 Å². The van der Waals surface area contributed by atoms with Crippen molar-refractivity contribution in [3.63, 3.8) is 0 Å². The first-order valence-corrected chi connectivity index (χ1v) is 21.0. The fraction of sp³-hybridized carbons (Fsp3) is 1.00. The highest BCUT2D eigenvalue weighted by Crippen LogP contribution is 2.84. The maximum atomic E-state index is 2.97. The van der Waals surface area contributed by atoms with Crippen molar-refractivity contribution < 1.29 is 0 Å². The van der Waals surface area contributed by atoms with Gasteiger partial charge in [0, 0.05) is 12.1 Å². The van der Waals surface area contributed by atoms with Crippen LogP contribution in [0, 0.1) is 0 Å². The third-order valence-corrected chi connectivity index (χ3v) is 29.8. The molecule has 0 aliphatic carbocycles. The summed E-state index contributed by atoms with van der Waals surface area (Å²) in [5.74, 6) is 0. The smallest absolute Gasteiger partial charge is 0.0546 e. The van der Waals surface area contributed by atoms with Crippen molar-refractivity contribution in [1.29, 1.82) is 0 Å². The topological polar surface area (TPSA) is 3.24 Å². The van der Waals surface area contributed by atoms with Crippen molar-refractivity contribution in [3.8, 4) is 0 Å². The maximum Gasteiger partial charge on any atom is 0.0546 e. The fourth-order valence-corrected chi connectivity index (χ4v) is 40.4. The predicted molar refractivity (Wildman–Crippen MR) is 116 cm³/mol. The van der Waals surface area contributed by atoms with Crippen LogP contribution in [0.3, 0.4) is 0 Å². The van der Waals surface area contributed by atoms with Crippen molar-refractivity contribution in [2.24, 2.45) is 0 Å². The molecule has 0 radical (unpaired) electrons. The van der Waals surface area contributed by atoms with Crippen molar-refractivity contribution in [1.82, 2.24) is 4.67 Å². The Bertz CT molecular complexity index is 380. The Kier molecular flexibility index (Phi) is 5.83. The minimum atomic E-state index is -1.22. The van der Waals surface area contributed by atoms with Crippen LogP contribution in [-0.2, 0) is 0 Å². The lowest BCUT2D eigenvalue weighted by Gasteiger charge is -2.44. The lowest BCUT2D eigenvalue weighted by molar-refractivity contribution is 0.327. The summed E-state index contributed by atoms with van der Waals surface area (Å²) in [6.07, 6.45) is 0. The summed E-state index contributed by atoms with van der Waals surface area (Å²) < 4.78 is 3.73. The summed E-state index contributed by atoms with van der Waals surface area (Å²) in [6.45, 7) is 33.7. The average molecular weight is 376 g/mol. The third kappa shape index (κ3) is 3.24. The van der Waals surface area contributed by atoms with E-state index in [-0.39, 0.29) is 8.07 Å². The van der Waals surface area contributed by atoms with Crippen molar-refractivity contribution in [2.75, 3.05) is 0 Å². The molecule has 132 valence electrons. The van der Waals surface area contributed by atoms with Crippen LogP contribution in [0.15, 0.2) is 0 Å². The van der Waals surface area contributed by atoms with E-state index in [0.29, 0.717) is 12.1 Å². The molecule has 1 fully saturated rings. The second-order valence-electron chi connectivity index (χ2n) is 10.9. The van der Waals surface area contributed by atoms with E-state index in [0.717, 1.165) is 9.68 Å². The molecule has 1 heterocycles. The van der Waals surface area contributed by atoms with Gasteiger partial charge in [-0.2, -0.15) is 0 Å². The van der Waals surface area contributed by atoms with Gasteiger partial charge in [0.1, 0.15) is 0 Å². The highest BCUT2D eigenvalue weighted by atomic mass is 31.1. The summed E-state index contributed by atoms with van der Waals surface area (Å²) in [5.41, 5.74) is 0. The highest BCUT2D eigenvalue weighted by Gasteiger charge is 2.79. The Morgan fingerprint density at radius 1 is 0.727 bits per heavy atom. The highest BCUT2D eigenvalue weighted by molar-refractivity contribution is 7.78. The van der Waals surface area contributed by atoms with E-state index >= 15 is 0 Å².